The van der Waals surface area contributed by atoms with Gasteiger partial charge in [0.15, 0.2) is 0 Å². The fraction of sp³-hybridized carbons (Fsp3) is 1.00. The minimum atomic E-state index is 0.659. The molecule has 1 aliphatic rings. The van der Waals surface area contributed by atoms with Gasteiger partial charge in [0.2, 0.25) is 0 Å². The second-order valence-corrected chi connectivity index (χ2v) is 5.85. The predicted octanol–water partition coefficient (Wildman–Crippen LogP) is 3.28. The summed E-state index contributed by atoms with van der Waals surface area (Å²) < 4.78 is 0. The van der Waals surface area contributed by atoms with E-state index in [0.717, 1.165) is 18.5 Å². The van der Waals surface area contributed by atoms with Crippen molar-refractivity contribution in [2.24, 2.45) is 5.92 Å². The molecule has 0 radical (unpaired) electrons. The van der Waals surface area contributed by atoms with Crippen molar-refractivity contribution in [1.29, 1.82) is 0 Å². The molecular weight excluding hydrogens is 208 g/mol. The molecule has 0 saturated carbocycles. The number of nitrogens with zero attached hydrogens (tertiary/aromatic N) is 1. The van der Waals surface area contributed by atoms with Gasteiger partial charge < -0.3 is 10.2 Å². The van der Waals surface area contributed by atoms with E-state index in [1.165, 1.54) is 45.2 Å². The van der Waals surface area contributed by atoms with Crippen LogP contribution in [0.25, 0.3) is 0 Å². The van der Waals surface area contributed by atoms with Crippen molar-refractivity contribution in [2.45, 2.75) is 71.9 Å². The van der Waals surface area contributed by atoms with Crippen LogP contribution in [0.2, 0.25) is 0 Å². The van der Waals surface area contributed by atoms with E-state index < -0.39 is 0 Å². The number of rotatable bonds is 7. The third-order valence-corrected chi connectivity index (χ3v) is 4.19. The smallest absolute Gasteiger partial charge is 0.00817 e. The zero-order chi connectivity index (χ0) is 12.7. The predicted molar refractivity (Wildman–Crippen MR) is 76.4 cm³/mol. The first-order chi connectivity index (χ1) is 8.17. The third-order valence-electron chi connectivity index (χ3n) is 4.19. The van der Waals surface area contributed by atoms with Crippen LogP contribution in [0.4, 0.5) is 0 Å². The van der Waals surface area contributed by atoms with E-state index >= 15 is 0 Å². The monoisotopic (exact) mass is 240 g/mol. The summed E-state index contributed by atoms with van der Waals surface area (Å²) in [5.41, 5.74) is 0. The second kappa shape index (κ2) is 8.10. The van der Waals surface area contributed by atoms with E-state index in [1.54, 1.807) is 0 Å². The van der Waals surface area contributed by atoms with Crippen molar-refractivity contribution < 1.29 is 0 Å². The van der Waals surface area contributed by atoms with Gasteiger partial charge in [-0.3, -0.25) is 0 Å². The Balaban J connectivity index is 2.28. The Bertz CT molecular complexity index is 193. The minimum absolute atomic E-state index is 0.659. The highest BCUT2D eigenvalue weighted by Gasteiger charge is 2.23. The number of hydrogen-bond acceptors (Lipinski definition) is 2. The molecular formula is C15H32N2. The Morgan fingerprint density at radius 3 is 2.71 bits per heavy atom. The van der Waals surface area contributed by atoms with Gasteiger partial charge in [-0.05, 0) is 58.5 Å². The zero-order valence-corrected chi connectivity index (χ0v) is 12.3. The Morgan fingerprint density at radius 2 is 2.06 bits per heavy atom. The van der Waals surface area contributed by atoms with Crippen molar-refractivity contribution in [2.75, 3.05) is 19.6 Å². The molecule has 3 atom stereocenters. The van der Waals surface area contributed by atoms with Gasteiger partial charge in [-0.1, -0.05) is 20.3 Å². The maximum atomic E-state index is 3.60. The lowest BCUT2D eigenvalue weighted by Gasteiger charge is -2.37. The number of piperidine rings is 1. The highest BCUT2D eigenvalue weighted by molar-refractivity contribution is 4.78. The van der Waals surface area contributed by atoms with Gasteiger partial charge in [0, 0.05) is 18.6 Å². The van der Waals surface area contributed by atoms with Crippen LogP contribution in [-0.4, -0.2) is 36.6 Å². The average Bonchev–Trinajstić information content (AvgIpc) is 2.36. The lowest BCUT2D eigenvalue weighted by molar-refractivity contribution is 0.118. The van der Waals surface area contributed by atoms with Gasteiger partial charge in [0.25, 0.3) is 0 Å². The molecule has 0 aromatic carbocycles. The molecule has 2 heteroatoms. The van der Waals surface area contributed by atoms with Gasteiger partial charge in [0.05, 0.1) is 0 Å². The molecule has 1 aliphatic heterocycles. The standard InChI is InChI=1S/C15H32N2/c1-5-9-16-13(3)11-14(4)17-10-7-8-15(6-2)12-17/h13-16H,5-12H2,1-4H3. The Morgan fingerprint density at radius 1 is 1.29 bits per heavy atom. The summed E-state index contributed by atoms with van der Waals surface area (Å²) in [4.78, 5) is 2.71. The lowest BCUT2D eigenvalue weighted by Crippen LogP contribution is -2.44. The van der Waals surface area contributed by atoms with Gasteiger partial charge >= 0.3 is 0 Å². The average molecular weight is 240 g/mol. The van der Waals surface area contributed by atoms with Crippen LogP contribution in [0.5, 0.6) is 0 Å². The molecule has 0 aromatic rings. The first kappa shape index (κ1) is 15.0. The first-order valence-electron chi connectivity index (χ1n) is 7.64. The molecule has 17 heavy (non-hydrogen) atoms. The molecule has 0 aromatic heterocycles. The Labute approximate surface area is 108 Å². The van der Waals surface area contributed by atoms with Crippen molar-refractivity contribution >= 4 is 0 Å². The molecule has 0 amide bonds. The third kappa shape index (κ3) is 5.39. The van der Waals surface area contributed by atoms with Gasteiger partial charge in [-0.15, -0.1) is 0 Å². The normalized spacial score (nSPS) is 25.8. The molecule has 3 unspecified atom stereocenters. The summed E-state index contributed by atoms with van der Waals surface area (Å²) in [5, 5.41) is 3.60. The topological polar surface area (TPSA) is 15.3 Å². The second-order valence-electron chi connectivity index (χ2n) is 5.85. The van der Waals surface area contributed by atoms with E-state index in [-0.39, 0.29) is 0 Å². The summed E-state index contributed by atoms with van der Waals surface area (Å²) in [6.07, 6.45) is 6.73. The Kier molecular flexibility index (Phi) is 7.14. The maximum absolute atomic E-state index is 3.60. The summed E-state index contributed by atoms with van der Waals surface area (Å²) in [7, 11) is 0. The first-order valence-corrected chi connectivity index (χ1v) is 7.64. The van der Waals surface area contributed by atoms with Crippen LogP contribution >= 0.6 is 0 Å². The molecule has 2 nitrogen and oxygen atoms in total. The van der Waals surface area contributed by atoms with Crippen molar-refractivity contribution in [3.63, 3.8) is 0 Å². The number of hydrogen-bond donors (Lipinski definition) is 1. The van der Waals surface area contributed by atoms with Gasteiger partial charge in [-0.2, -0.15) is 0 Å². The summed E-state index contributed by atoms with van der Waals surface area (Å²) in [6, 6.07) is 1.40. The summed E-state index contributed by atoms with van der Waals surface area (Å²) in [6.45, 7) is 13.1. The quantitative estimate of drug-likeness (QED) is 0.735. The minimum Gasteiger partial charge on any atom is -0.314 e. The molecule has 0 spiro atoms. The fourth-order valence-electron chi connectivity index (χ4n) is 2.97. The molecule has 1 heterocycles. The molecule has 102 valence electrons. The number of nitrogens with one attached hydrogen (secondary N) is 1. The van der Waals surface area contributed by atoms with Crippen LogP contribution in [0, 0.1) is 5.92 Å². The van der Waals surface area contributed by atoms with Crippen molar-refractivity contribution in [1.82, 2.24) is 10.2 Å². The SMILES string of the molecule is CCCNC(C)CC(C)N1CCCC(CC)C1. The molecule has 0 aliphatic carbocycles. The van der Waals surface area contributed by atoms with E-state index in [2.05, 4.69) is 37.9 Å². The zero-order valence-electron chi connectivity index (χ0n) is 12.3. The highest BCUT2D eigenvalue weighted by atomic mass is 15.2. The van der Waals surface area contributed by atoms with Crippen LogP contribution in [0.3, 0.4) is 0 Å². The fourth-order valence-corrected chi connectivity index (χ4v) is 2.97. The van der Waals surface area contributed by atoms with Gasteiger partial charge in [-0.25, -0.2) is 0 Å². The van der Waals surface area contributed by atoms with E-state index in [4.69, 9.17) is 0 Å². The van der Waals surface area contributed by atoms with Crippen molar-refractivity contribution in [3.05, 3.63) is 0 Å². The van der Waals surface area contributed by atoms with Crippen LogP contribution < -0.4 is 5.32 Å². The molecule has 0 bridgehead atoms. The maximum Gasteiger partial charge on any atom is 0.00817 e. The molecule has 1 saturated heterocycles. The molecule has 1 fully saturated rings. The summed E-state index contributed by atoms with van der Waals surface area (Å²) in [5.74, 6) is 0.949. The molecule has 1 N–H and O–H groups in total. The van der Waals surface area contributed by atoms with Crippen LogP contribution in [0.1, 0.15) is 59.8 Å². The number of likely N-dealkylation sites (tertiary alicyclic amines) is 1. The van der Waals surface area contributed by atoms with Gasteiger partial charge in [0.1, 0.15) is 0 Å². The van der Waals surface area contributed by atoms with Crippen LogP contribution in [-0.2, 0) is 0 Å². The Hall–Kier alpha value is -0.0800. The largest absolute Gasteiger partial charge is 0.314 e. The highest BCUT2D eigenvalue weighted by Crippen LogP contribution is 2.22. The van der Waals surface area contributed by atoms with Crippen molar-refractivity contribution in [3.8, 4) is 0 Å². The van der Waals surface area contributed by atoms with E-state index in [1.807, 2.05) is 0 Å². The summed E-state index contributed by atoms with van der Waals surface area (Å²) >= 11 is 0. The molecule has 1 rings (SSSR count). The lowest BCUT2D eigenvalue weighted by atomic mass is 9.94. The van der Waals surface area contributed by atoms with E-state index in [0.29, 0.717) is 6.04 Å². The van der Waals surface area contributed by atoms with Crippen LogP contribution in [0.15, 0.2) is 0 Å². The van der Waals surface area contributed by atoms with E-state index in [9.17, 15) is 0 Å².